The van der Waals surface area contributed by atoms with Crippen LogP contribution in [0, 0.1) is 0 Å². The van der Waals surface area contributed by atoms with E-state index in [2.05, 4.69) is 30.8 Å². The summed E-state index contributed by atoms with van der Waals surface area (Å²) in [5, 5.41) is 12.9. The second kappa shape index (κ2) is 8.14. The number of carbonyl (C=O) groups is 2. The molecule has 0 aliphatic heterocycles. The highest BCUT2D eigenvalue weighted by atomic mass is 19.4. The first kappa shape index (κ1) is 20.7. The molecule has 13 heteroatoms. The van der Waals surface area contributed by atoms with Crippen LogP contribution in [0.5, 0.6) is 0 Å². The van der Waals surface area contributed by atoms with Gasteiger partial charge in [0.05, 0.1) is 11.9 Å². The van der Waals surface area contributed by atoms with E-state index in [1.165, 1.54) is 0 Å². The standard InChI is InChI=1S/C17H15F3N8O2/c18-17(19,20)7-11(13(21)29)25-16-26-15(12(14(22)30)27-28-16)24-9-3-4-10-8(6-9)2-1-5-23-10/h1-6,11H,7H2,(H2,21,29)(H2,22,30)(H2,24,25,26,28)/t11-/m1/s1. The Morgan fingerprint density at radius 3 is 2.57 bits per heavy atom. The second-order valence-electron chi connectivity index (χ2n) is 6.15. The number of aromatic nitrogens is 4. The van der Waals surface area contributed by atoms with E-state index in [9.17, 15) is 22.8 Å². The Bertz CT molecular complexity index is 1110. The number of nitrogens with zero attached hydrogens (tertiary/aromatic N) is 4. The molecule has 10 nitrogen and oxygen atoms in total. The van der Waals surface area contributed by atoms with Crippen molar-refractivity contribution in [2.24, 2.45) is 11.5 Å². The molecule has 2 aromatic heterocycles. The summed E-state index contributed by atoms with van der Waals surface area (Å²) in [6.07, 6.45) is -4.57. The van der Waals surface area contributed by atoms with Crippen LogP contribution in [0.1, 0.15) is 16.9 Å². The lowest BCUT2D eigenvalue weighted by molar-refractivity contribution is -0.144. The first-order chi connectivity index (χ1) is 14.1. The number of fused-ring (bicyclic) bond motifs is 1. The fourth-order valence-corrected chi connectivity index (χ4v) is 2.54. The summed E-state index contributed by atoms with van der Waals surface area (Å²) in [7, 11) is 0. The molecule has 156 valence electrons. The molecular weight excluding hydrogens is 405 g/mol. The molecule has 0 bridgehead atoms. The lowest BCUT2D eigenvalue weighted by Crippen LogP contribution is -2.39. The molecule has 0 saturated heterocycles. The van der Waals surface area contributed by atoms with E-state index in [1.807, 2.05) is 6.07 Å². The lowest BCUT2D eigenvalue weighted by atomic mass is 10.2. The molecule has 2 amide bonds. The molecule has 0 unspecified atom stereocenters. The second-order valence-corrected chi connectivity index (χ2v) is 6.15. The molecule has 0 aliphatic rings. The van der Waals surface area contributed by atoms with Gasteiger partial charge in [0.25, 0.3) is 5.91 Å². The van der Waals surface area contributed by atoms with E-state index in [1.54, 1.807) is 30.5 Å². The fraction of sp³-hybridized carbons (Fsp3) is 0.176. The Hall–Kier alpha value is -4.03. The lowest BCUT2D eigenvalue weighted by Gasteiger charge is -2.17. The first-order valence-electron chi connectivity index (χ1n) is 8.41. The quantitative estimate of drug-likeness (QED) is 0.447. The van der Waals surface area contributed by atoms with Gasteiger partial charge in [0.2, 0.25) is 11.9 Å². The smallest absolute Gasteiger partial charge is 0.368 e. The van der Waals surface area contributed by atoms with Gasteiger partial charge in [-0.3, -0.25) is 14.6 Å². The van der Waals surface area contributed by atoms with Gasteiger partial charge in [-0.25, -0.2) is 0 Å². The molecule has 1 aromatic carbocycles. The average molecular weight is 420 g/mol. The maximum atomic E-state index is 12.7. The molecule has 30 heavy (non-hydrogen) atoms. The van der Waals surface area contributed by atoms with Gasteiger partial charge in [0.15, 0.2) is 11.5 Å². The maximum Gasteiger partial charge on any atom is 0.391 e. The van der Waals surface area contributed by atoms with Gasteiger partial charge in [0.1, 0.15) is 6.04 Å². The number of nitrogens with two attached hydrogens (primary N) is 2. The van der Waals surface area contributed by atoms with E-state index in [0.29, 0.717) is 5.69 Å². The Morgan fingerprint density at radius 2 is 1.90 bits per heavy atom. The summed E-state index contributed by atoms with van der Waals surface area (Å²) < 4.78 is 38.0. The number of anilines is 3. The number of hydrogen-bond donors (Lipinski definition) is 4. The van der Waals surface area contributed by atoms with Crippen LogP contribution in [0.2, 0.25) is 0 Å². The van der Waals surface area contributed by atoms with Gasteiger partial charge in [-0.2, -0.15) is 18.2 Å². The van der Waals surface area contributed by atoms with Crippen LogP contribution in [0.15, 0.2) is 36.5 Å². The monoisotopic (exact) mass is 420 g/mol. The van der Waals surface area contributed by atoms with E-state index >= 15 is 0 Å². The van der Waals surface area contributed by atoms with Crippen molar-refractivity contribution in [2.45, 2.75) is 18.6 Å². The number of pyridine rings is 1. The van der Waals surface area contributed by atoms with Crippen molar-refractivity contribution >= 4 is 40.2 Å². The summed E-state index contributed by atoms with van der Waals surface area (Å²) in [6, 6.07) is 6.78. The van der Waals surface area contributed by atoms with Crippen LogP contribution in [0.3, 0.4) is 0 Å². The van der Waals surface area contributed by atoms with Crippen LogP contribution < -0.4 is 22.1 Å². The number of hydrogen-bond acceptors (Lipinski definition) is 8. The molecule has 0 radical (unpaired) electrons. The van der Waals surface area contributed by atoms with Crippen LogP contribution >= 0.6 is 0 Å². The largest absolute Gasteiger partial charge is 0.391 e. The predicted molar refractivity (Wildman–Crippen MR) is 101 cm³/mol. The van der Waals surface area contributed by atoms with E-state index in [-0.39, 0.29) is 11.5 Å². The van der Waals surface area contributed by atoms with Crippen LogP contribution in [0.4, 0.5) is 30.6 Å². The number of halogens is 3. The number of alkyl halides is 3. The minimum Gasteiger partial charge on any atom is -0.368 e. The molecule has 6 N–H and O–H groups in total. The normalized spacial score (nSPS) is 12.4. The van der Waals surface area contributed by atoms with Crippen LogP contribution in [0.25, 0.3) is 10.9 Å². The Balaban J connectivity index is 1.92. The number of carbonyl (C=O) groups excluding carboxylic acids is 2. The zero-order chi connectivity index (χ0) is 21.9. The fourth-order valence-electron chi connectivity index (χ4n) is 2.54. The van der Waals surface area contributed by atoms with Crippen LogP contribution in [-0.2, 0) is 4.79 Å². The van der Waals surface area contributed by atoms with Gasteiger partial charge in [-0.1, -0.05) is 6.07 Å². The van der Waals surface area contributed by atoms with Gasteiger partial charge in [0, 0.05) is 17.3 Å². The minimum absolute atomic E-state index is 0.168. The number of nitrogens with one attached hydrogen (secondary N) is 2. The van der Waals surface area contributed by atoms with Gasteiger partial charge in [-0.05, 0) is 24.3 Å². The van der Waals surface area contributed by atoms with Crippen molar-refractivity contribution in [1.29, 1.82) is 0 Å². The van der Waals surface area contributed by atoms with Crippen molar-refractivity contribution in [3.8, 4) is 0 Å². The zero-order valence-corrected chi connectivity index (χ0v) is 15.1. The zero-order valence-electron chi connectivity index (χ0n) is 15.1. The number of amides is 2. The molecule has 0 fully saturated rings. The van der Waals surface area contributed by atoms with Crippen molar-refractivity contribution in [2.75, 3.05) is 10.6 Å². The number of rotatable bonds is 7. The predicted octanol–water partition coefficient (Wildman–Crippen LogP) is 1.48. The van der Waals surface area contributed by atoms with Crippen molar-refractivity contribution in [3.05, 3.63) is 42.2 Å². The van der Waals surface area contributed by atoms with E-state index in [0.717, 1.165) is 10.9 Å². The number of primary amides is 2. The molecule has 0 spiro atoms. The molecule has 3 aromatic rings. The topological polar surface area (TPSA) is 162 Å². The maximum absolute atomic E-state index is 12.7. The minimum atomic E-state index is -4.66. The van der Waals surface area contributed by atoms with Crippen molar-refractivity contribution in [1.82, 2.24) is 20.2 Å². The average Bonchev–Trinajstić information content (AvgIpc) is 2.66. The highest BCUT2D eigenvalue weighted by Crippen LogP contribution is 2.24. The van der Waals surface area contributed by atoms with E-state index < -0.39 is 36.4 Å². The third-order valence-electron chi connectivity index (χ3n) is 3.87. The molecule has 3 rings (SSSR count). The Morgan fingerprint density at radius 1 is 1.13 bits per heavy atom. The first-order valence-corrected chi connectivity index (χ1v) is 8.41. The van der Waals surface area contributed by atoms with Crippen LogP contribution in [-0.4, -0.2) is 44.2 Å². The summed E-state index contributed by atoms with van der Waals surface area (Å²) >= 11 is 0. The van der Waals surface area contributed by atoms with Gasteiger partial charge < -0.3 is 22.1 Å². The highest BCUT2D eigenvalue weighted by Gasteiger charge is 2.35. The SMILES string of the molecule is NC(=O)c1nnc(N[C@H](CC(F)(F)F)C(N)=O)nc1Nc1ccc2ncccc2c1. The van der Waals surface area contributed by atoms with Gasteiger partial charge in [-0.15, -0.1) is 10.2 Å². The summed E-state index contributed by atoms with van der Waals surface area (Å²) in [5.41, 5.74) is 11.1. The van der Waals surface area contributed by atoms with E-state index in [4.69, 9.17) is 11.5 Å². The van der Waals surface area contributed by atoms with Gasteiger partial charge >= 0.3 is 6.18 Å². The summed E-state index contributed by atoms with van der Waals surface area (Å²) in [4.78, 5) is 31.1. The Kier molecular flexibility index (Phi) is 5.62. The Labute approximate surface area is 166 Å². The third-order valence-corrected chi connectivity index (χ3v) is 3.87. The summed E-state index contributed by atoms with van der Waals surface area (Å²) in [5.74, 6) is -2.84. The van der Waals surface area contributed by atoms with Crippen molar-refractivity contribution < 1.29 is 22.8 Å². The third kappa shape index (κ3) is 5.06. The molecule has 2 heterocycles. The molecule has 0 aliphatic carbocycles. The molecule has 1 atom stereocenters. The highest BCUT2D eigenvalue weighted by molar-refractivity contribution is 5.96. The molecule has 0 saturated carbocycles. The molecular formula is C17H15F3N8O2. The van der Waals surface area contributed by atoms with Crippen molar-refractivity contribution in [3.63, 3.8) is 0 Å². The summed E-state index contributed by atoms with van der Waals surface area (Å²) in [6.45, 7) is 0. The number of benzene rings is 1.